The van der Waals surface area contributed by atoms with Gasteiger partial charge in [0.2, 0.25) is 0 Å². The molecule has 6 nitrogen and oxygen atoms in total. The number of hydrogen-bond acceptors (Lipinski definition) is 5. The molecule has 1 aliphatic rings. The molecule has 0 aliphatic carbocycles. The maximum Gasteiger partial charge on any atom is 0.313 e. The number of aliphatic carboxylic acids is 1. The number of carbonyl (C=O) groups is 2. The largest absolute Gasteiger partial charge is 0.481 e. The molecule has 0 unspecified atom stereocenters. The summed E-state index contributed by atoms with van der Waals surface area (Å²) in [5.74, 6) is -0.353. The molecule has 0 bridgehead atoms. The highest BCUT2D eigenvalue weighted by molar-refractivity contribution is 7.99. The molecule has 0 saturated heterocycles. The van der Waals surface area contributed by atoms with Crippen molar-refractivity contribution in [3.63, 3.8) is 0 Å². The van der Waals surface area contributed by atoms with E-state index >= 15 is 0 Å². The number of nitrogens with zero attached hydrogens (tertiary/aromatic N) is 2. The van der Waals surface area contributed by atoms with Crippen molar-refractivity contribution in [1.82, 2.24) is 5.32 Å². The third-order valence-corrected chi connectivity index (χ3v) is 4.11. The Morgan fingerprint density at radius 1 is 1.36 bits per heavy atom. The third-order valence-electron chi connectivity index (χ3n) is 3.16. The number of rotatable bonds is 7. The van der Waals surface area contributed by atoms with E-state index in [1.54, 1.807) is 12.1 Å². The summed E-state index contributed by atoms with van der Waals surface area (Å²) in [6.45, 7) is 3.33. The van der Waals surface area contributed by atoms with E-state index in [1.807, 2.05) is 24.1 Å². The van der Waals surface area contributed by atoms with Crippen molar-refractivity contribution < 1.29 is 14.7 Å². The average molecular weight is 321 g/mol. The minimum atomic E-state index is -0.841. The quantitative estimate of drug-likeness (QED) is 0.749. The van der Waals surface area contributed by atoms with Gasteiger partial charge in [0.25, 0.3) is 5.91 Å². The van der Waals surface area contributed by atoms with Crippen LogP contribution in [0.15, 0.2) is 29.4 Å². The first-order valence-electron chi connectivity index (χ1n) is 7.05. The number of amides is 1. The number of hydrazone groups is 1. The van der Waals surface area contributed by atoms with E-state index in [9.17, 15) is 9.59 Å². The van der Waals surface area contributed by atoms with Crippen LogP contribution in [0, 0.1) is 0 Å². The molecule has 1 aliphatic heterocycles. The van der Waals surface area contributed by atoms with Crippen molar-refractivity contribution in [3.8, 4) is 0 Å². The summed E-state index contributed by atoms with van der Waals surface area (Å²) in [5, 5.41) is 17.6. The van der Waals surface area contributed by atoms with E-state index in [4.69, 9.17) is 5.11 Å². The van der Waals surface area contributed by atoms with Gasteiger partial charge in [-0.25, -0.2) is 0 Å². The van der Waals surface area contributed by atoms with Gasteiger partial charge in [-0.15, -0.1) is 11.8 Å². The van der Waals surface area contributed by atoms with Gasteiger partial charge in [-0.3, -0.25) is 14.6 Å². The fraction of sp³-hybridized carbons (Fsp3) is 0.400. The summed E-state index contributed by atoms with van der Waals surface area (Å²) < 4.78 is 0. The van der Waals surface area contributed by atoms with E-state index in [-0.39, 0.29) is 11.7 Å². The Bertz CT molecular complexity index is 572. The molecule has 2 N–H and O–H groups in total. The monoisotopic (exact) mass is 321 g/mol. The molecule has 0 saturated carbocycles. The lowest BCUT2D eigenvalue weighted by molar-refractivity contribution is -0.133. The highest BCUT2D eigenvalue weighted by Gasteiger charge is 2.13. The van der Waals surface area contributed by atoms with Crippen LogP contribution in [0.1, 0.15) is 23.7 Å². The zero-order valence-electron chi connectivity index (χ0n) is 12.4. The molecule has 7 heteroatoms. The molecule has 1 aromatic carbocycles. The van der Waals surface area contributed by atoms with Crippen molar-refractivity contribution in [1.29, 1.82) is 0 Å². The number of carbonyl (C=O) groups excluding carboxylic acids is 1. The number of anilines is 1. The Kier molecular flexibility index (Phi) is 5.83. The van der Waals surface area contributed by atoms with Crippen molar-refractivity contribution >= 4 is 35.0 Å². The maximum atomic E-state index is 11.9. The second-order valence-corrected chi connectivity index (χ2v) is 6.06. The second kappa shape index (κ2) is 7.84. The molecule has 0 radical (unpaired) electrons. The molecule has 0 aromatic heterocycles. The summed E-state index contributed by atoms with van der Waals surface area (Å²) in [4.78, 5) is 22.3. The summed E-state index contributed by atoms with van der Waals surface area (Å²) in [6.07, 6.45) is 0.968. The minimum absolute atomic E-state index is 0.0559. The van der Waals surface area contributed by atoms with Gasteiger partial charge in [0.1, 0.15) is 0 Å². The molecule has 0 atom stereocenters. The second-order valence-electron chi connectivity index (χ2n) is 4.96. The number of benzene rings is 1. The molecule has 1 aromatic rings. The predicted octanol–water partition coefficient (Wildman–Crippen LogP) is 1.82. The van der Waals surface area contributed by atoms with E-state index in [0.29, 0.717) is 17.9 Å². The fourth-order valence-electron chi connectivity index (χ4n) is 2.04. The number of carboxylic acid groups (broad SMARTS) is 1. The van der Waals surface area contributed by atoms with Crippen LogP contribution in [0.5, 0.6) is 0 Å². The van der Waals surface area contributed by atoms with Crippen LogP contribution in [0.4, 0.5) is 5.69 Å². The first-order valence-corrected chi connectivity index (χ1v) is 8.21. The zero-order chi connectivity index (χ0) is 15.9. The number of hydrogen-bond donors (Lipinski definition) is 2. The van der Waals surface area contributed by atoms with Gasteiger partial charge in [0.15, 0.2) is 0 Å². The van der Waals surface area contributed by atoms with Crippen LogP contribution in [0.25, 0.3) is 0 Å². The maximum absolute atomic E-state index is 11.9. The van der Waals surface area contributed by atoms with Gasteiger partial charge in [-0.05, 0) is 31.2 Å². The van der Waals surface area contributed by atoms with Gasteiger partial charge >= 0.3 is 5.97 Å². The van der Waals surface area contributed by atoms with E-state index < -0.39 is 5.97 Å². The fourth-order valence-corrected chi connectivity index (χ4v) is 2.61. The summed E-state index contributed by atoms with van der Waals surface area (Å²) >= 11 is 1.28. The minimum Gasteiger partial charge on any atom is -0.481 e. The molecule has 0 spiro atoms. The van der Waals surface area contributed by atoms with E-state index in [0.717, 1.165) is 24.4 Å². The Hall–Kier alpha value is -2.02. The highest BCUT2D eigenvalue weighted by Crippen LogP contribution is 2.19. The summed E-state index contributed by atoms with van der Waals surface area (Å²) in [6, 6.07) is 7.32. The molecule has 1 amide bonds. The Morgan fingerprint density at radius 2 is 2.09 bits per heavy atom. The smallest absolute Gasteiger partial charge is 0.313 e. The van der Waals surface area contributed by atoms with Crippen LogP contribution < -0.4 is 10.3 Å². The van der Waals surface area contributed by atoms with Crippen molar-refractivity contribution in [3.05, 3.63) is 29.8 Å². The molecular weight excluding hydrogens is 302 g/mol. The van der Waals surface area contributed by atoms with Gasteiger partial charge in [-0.2, -0.15) is 5.10 Å². The van der Waals surface area contributed by atoms with E-state index in [1.165, 1.54) is 11.8 Å². The lowest BCUT2D eigenvalue weighted by Gasteiger charge is -2.14. The van der Waals surface area contributed by atoms with Crippen LogP contribution in [0.2, 0.25) is 0 Å². The summed E-state index contributed by atoms with van der Waals surface area (Å²) in [7, 11) is 0. The Balaban J connectivity index is 1.80. The van der Waals surface area contributed by atoms with Crippen molar-refractivity contribution in [2.24, 2.45) is 5.10 Å². The van der Waals surface area contributed by atoms with Gasteiger partial charge in [0, 0.05) is 36.5 Å². The first-order chi connectivity index (χ1) is 10.6. The van der Waals surface area contributed by atoms with Gasteiger partial charge in [0.05, 0.1) is 11.4 Å². The highest BCUT2D eigenvalue weighted by atomic mass is 32.2. The van der Waals surface area contributed by atoms with Crippen molar-refractivity contribution in [2.45, 2.75) is 13.3 Å². The Morgan fingerprint density at radius 3 is 2.68 bits per heavy atom. The Labute approximate surface area is 133 Å². The zero-order valence-corrected chi connectivity index (χ0v) is 13.2. The molecule has 0 fully saturated rings. The third kappa shape index (κ3) is 4.77. The number of nitrogens with one attached hydrogen (secondary N) is 1. The normalized spacial score (nSPS) is 13.9. The number of carboxylic acids is 1. The lowest BCUT2D eigenvalue weighted by Crippen LogP contribution is -2.26. The van der Waals surface area contributed by atoms with Crippen LogP contribution in [-0.2, 0) is 4.79 Å². The predicted molar refractivity (Wildman–Crippen MR) is 88.8 cm³/mol. The molecular formula is C15H19N3O3S. The molecule has 22 heavy (non-hydrogen) atoms. The molecule has 2 rings (SSSR count). The molecule has 1 heterocycles. The van der Waals surface area contributed by atoms with Crippen LogP contribution in [0.3, 0.4) is 0 Å². The average Bonchev–Trinajstić information content (AvgIpc) is 2.93. The standard InChI is InChI=1S/C15H19N3O3S/c1-11-6-8-18(17-11)13-4-2-12(3-5-13)15(21)16-7-9-22-10-14(19)20/h2-5H,6-10H2,1H3,(H,16,21)(H,19,20). The molecule has 118 valence electrons. The van der Waals surface area contributed by atoms with Crippen molar-refractivity contribution in [2.75, 3.05) is 29.6 Å². The topological polar surface area (TPSA) is 82.0 Å². The lowest BCUT2D eigenvalue weighted by atomic mass is 10.2. The SMILES string of the molecule is CC1=NN(c2ccc(C(=O)NCCSCC(=O)O)cc2)CC1. The van der Waals surface area contributed by atoms with E-state index in [2.05, 4.69) is 10.4 Å². The summed E-state index contributed by atoms with van der Waals surface area (Å²) in [5.41, 5.74) is 2.68. The van der Waals surface area contributed by atoms with Gasteiger partial charge < -0.3 is 10.4 Å². The first kappa shape index (κ1) is 16.4. The van der Waals surface area contributed by atoms with Crippen LogP contribution >= 0.6 is 11.8 Å². The number of thioether (sulfide) groups is 1. The van der Waals surface area contributed by atoms with Gasteiger partial charge in [-0.1, -0.05) is 0 Å². The van der Waals surface area contributed by atoms with Crippen LogP contribution in [-0.4, -0.2) is 47.3 Å².